The van der Waals surface area contributed by atoms with Gasteiger partial charge in [0.05, 0.1) is 6.54 Å². The molecule has 3 nitrogen and oxygen atoms in total. The van der Waals surface area contributed by atoms with Gasteiger partial charge in [0.1, 0.15) is 5.69 Å². The highest BCUT2D eigenvalue weighted by Crippen LogP contribution is 2.19. The van der Waals surface area contributed by atoms with Gasteiger partial charge >= 0.3 is 0 Å². The van der Waals surface area contributed by atoms with Crippen LogP contribution < -0.4 is 5.32 Å². The molecule has 0 saturated carbocycles. The first kappa shape index (κ1) is 10.6. The van der Waals surface area contributed by atoms with Crippen LogP contribution in [0.25, 0.3) is 10.9 Å². The average Bonchev–Trinajstić information content (AvgIpc) is 2.68. The molecule has 1 aromatic carbocycles. The number of H-pyrrole nitrogens is 1. The van der Waals surface area contributed by atoms with Gasteiger partial charge in [0.25, 0.3) is 5.91 Å². The van der Waals surface area contributed by atoms with Gasteiger partial charge in [0.15, 0.2) is 0 Å². The van der Waals surface area contributed by atoms with E-state index in [9.17, 15) is 4.79 Å². The van der Waals surface area contributed by atoms with Crippen LogP contribution in [0.1, 0.15) is 10.5 Å². The molecule has 2 rings (SSSR count). The van der Waals surface area contributed by atoms with E-state index in [1.807, 2.05) is 6.07 Å². The summed E-state index contributed by atoms with van der Waals surface area (Å²) in [5.41, 5.74) is 1.35. The van der Waals surface area contributed by atoms with Crippen LogP contribution in [-0.4, -0.2) is 17.4 Å². The maximum absolute atomic E-state index is 11.6. The zero-order chi connectivity index (χ0) is 11.5. The second kappa shape index (κ2) is 4.30. The number of amides is 1. The quantitative estimate of drug-likeness (QED) is 0.766. The van der Waals surface area contributed by atoms with E-state index in [-0.39, 0.29) is 12.5 Å². The Balaban J connectivity index is 2.33. The van der Waals surface area contributed by atoms with Gasteiger partial charge in [-0.1, -0.05) is 17.5 Å². The van der Waals surface area contributed by atoms with Crippen LogP contribution in [0.4, 0.5) is 0 Å². The molecule has 0 bridgehead atoms. The van der Waals surface area contributed by atoms with E-state index < -0.39 is 0 Å². The van der Waals surface area contributed by atoms with Gasteiger partial charge in [-0.05, 0) is 24.3 Å². The summed E-state index contributed by atoms with van der Waals surface area (Å²) in [6.07, 6.45) is 5.06. The standard InChI is InChI=1S/C12H9ClN2O/c1-2-5-14-12(16)11-7-8-6-9(13)3-4-10(8)15-11/h1,3-4,6-7,15H,5H2,(H,14,16). The van der Waals surface area contributed by atoms with Crippen LogP contribution >= 0.6 is 11.6 Å². The molecule has 0 saturated heterocycles. The number of fused-ring (bicyclic) bond motifs is 1. The molecular weight excluding hydrogens is 224 g/mol. The number of nitrogens with one attached hydrogen (secondary N) is 2. The van der Waals surface area contributed by atoms with Crippen molar-refractivity contribution < 1.29 is 4.79 Å². The summed E-state index contributed by atoms with van der Waals surface area (Å²) in [4.78, 5) is 14.6. The van der Waals surface area contributed by atoms with Crippen molar-refractivity contribution in [3.8, 4) is 12.3 Å². The minimum Gasteiger partial charge on any atom is -0.351 e. The molecule has 0 aliphatic heterocycles. The second-order valence-corrected chi connectivity index (χ2v) is 3.74. The van der Waals surface area contributed by atoms with Gasteiger partial charge in [0.2, 0.25) is 0 Å². The SMILES string of the molecule is C#CCNC(=O)c1cc2cc(Cl)ccc2[nH]1. The van der Waals surface area contributed by atoms with Crippen molar-refractivity contribution in [3.05, 3.63) is 35.0 Å². The normalized spacial score (nSPS) is 10.0. The summed E-state index contributed by atoms with van der Waals surface area (Å²) in [6, 6.07) is 7.14. The van der Waals surface area contributed by atoms with Gasteiger partial charge in [-0.15, -0.1) is 6.42 Å². The lowest BCUT2D eigenvalue weighted by Crippen LogP contribution is -2.23. The second-order valence-electron chi connectivity index (χ2n) is 3.30. The summed E-state index contributed by atoms with van der Waals surface area (Å²) in [6.45, 7) is 0.217. The number of carbonyl (C=O) groups excluding carboxylic acids is 1. The van der Waals surface area contributed by atoms with Gasteiger partial charge in [-0.25, -0.2) is 0 Å². The summed E-state index contributed by atoms with van der Waals surface area (Å²) < 4.78 is 0. The Morgan fingerprint density at radius 1 is 1.50 bits per heavy atom. The minimum atomic E-state index is -0.217. The molecule has 1 amide bonds. The monoisotopic (exact) mass is 232 g/mol. The Morgan fingerprint density at radius 3 is 3.06 bits per heavy atom. The highest BCUT2D eigenvalue weighted by atomic mass is 35.5. The molecule has 0 radical (unpaired) electrons. The van der Waals surface area contributed by atoms with E-state index in [0.29, 0.717) is 10.7 Å². The first-order chi connectivity index (χ1) is 7.70. The fourth-order valence-corrected chi connectivity index (χ4v) is 1.63. The first-order valence-corrected chi connectivity index (χ1v) is 5.08. The molecule has 1 heterocycles. The molecule has 1 aromatic heterocycles. The fourth-order valence-electron chi connectivity index (χ4n) is 1.45. The fraction of sp³-hybridized carbons (Fsp3) is 0.0833. The highest BCUT2D eigenvalue weighted by molar-refractivity contribution is 6.31. The van der Waals surface area contributed by atoms with E-state index in [0.717, 1.165) is 10.9 Å². The van der Waals surface area contributed by atoms with E-state index in [1.54, 1.807) is 18.2 Å². The van der Waals surface area contributed by atoms with Gasteiger partial charge in [-0.2, -0.15) is 0 Å². The van der Waals surface area contributed by atoms with Crippen molar-refractivity contribution in [1.29, 1.82) is 0 Å². The molecule has 80 valence electrons. The average molecular weight is 233 g/mol. The zero-order valence-electron chi connectivity index (χ0n) is 8.38. The molecule has 0 aliphatic carbocycles. The van der Waals surface area contributed by atoms with Crippen LogP contribution in [0.3, 0.4) is 0 Å². The Labute approximate surface area is 97.8 Å². The Bertz CT molecular complexity index is 580. The third-order valence-electron chi connectivity index (χ3n) is 2.18. The van der Waals surface area contributed by atoms with Crippen LogP contribution in [0.15, 0.2) is 24.3 Å². The number of hydrogen-bond acceptors (Lipinski definition) is 1. The maximum atomic E-state index is 11.6. The van der Waals surface area contributed by atoms with Crippen molar-refractivity contribution >= 4 is 28.4 Å². The lowest BCUT2D eigenvalue weighted by molar-refractivity contribution is 0.0954. The van der Waals surface area contributed by atoms with Crippen molar-refractivity contribution in [2.75, 3.05) is 6.54 Å². The molecule has 0 atom stereocenters. The number of terminal acetylenes is 1. The Hall–Kier alpha value is -1.92. The molecule has 16 heavy (non-hydrogen) atoms. The number of hydrogen-bond donors (Lipinski definition) is 2. The van der Waals surface area contributed by atoms with Crippen molar-refractivity contribution in [2.45, 2.75) is 0 Å². The summed E-state index contributed by atoms with van der Waals surface area (Å²) in [5.74, 6) is 2.13. The number of halogens is 1. The Kier molecular flexibility index (Phi) is 2.84. The van der Waals surface area contributed by atoms with Gasteiger partial charge in [0, 0.05) is 15.9 Å². The van der Waals surface area contributed by atoms with Crippen LogP contribution in [0, 0.1) is 12.3 Å². The molecule has 0 spiro atoms. The van der Waals surface area contributed by atoms with E-state index in [2.05, 4.69) is 16.2 Å². The van der Waals surface area contributed by atoms with Crippen molar-refractivity contribution in [3.63, 3.8) is 0 Å². The molecule has 0 unspecified atom stereocenters. The van der Waals surface area contributed by atoms with Crippen molar-refractivity contribution in [1.82, 2.24) is 10.3 Å². The van der Waals surface area contributed by atoms with Crippen LogP contribution in [-0.2, 0) is 0 Å². The first-order valence-electron chi connectivity index (χ1n) is 4.70. The lowest BCUT2D eigenvalue weighted by Gasteiger charge is -1.96. The smallest absolute Gasteiger partial charge is 0.268 e. The van der Waals surface area contributed by atoms with E-state index >= 15 is 0 Å². The molecule has 2 N–H and O–H groups in total. The minimum absolute atomic E-state index is 0.217. The number of benzene rings is 1. The van der Waals surface area contributed by atoms with Gasteiger partial charge in [-0.3, -0.25) is 4.79 Å². The zero-order valence-corrected chi connectivity index (χ0v) is 9.14. The van der Waals surface area contributed by atoms with Gasteiger partial charge < -0.3 is 10.3 Å². The lowest BCUT2D eigenvalue weighted by atomic mass is 10.2. The topological polar surface area (TPSA) is 44.9 Å². The maximum Gasteiger partial charge on any atom is 0.268 e. The molecule has 0 fully saturated rings. The number of aromatic nitrogens is 1. The third kappa shape index (κ3) is 2.02. The summed E-state index contributed by atoms with van der Waals surface area (Å²) in [5, 5.41) is 4.13. The summed E-state index contributed by atoms with van der Waals surface area (Å²) >= 11 is 5.85. The van der Waals surface area contributed by atoms with Crippen molar-refractivity contribution in [2.24, 2.45) is 0 Å². The molecular formula is C12H9ClN2O. The number of aromatic amines is 1. The number of carbonyl (C=O) groups is 1. The third-order valence-corrected chi connectivity index (χ3v) is 2.41. The highest BCUT2D eigenvalue weighted by Gasteiger charge is 2.08. The van der Waals surface area contributed by atoms with E-state index in [4.69, 9.17) is 18.0 Å². The largest absolute Gasteiger partial charge is 0.351 e. The molecule has 0 aliphatic rings. The summed E-state index contributed by atoms with van der Waals surface area (Å²) in [7, 11) is 0. The predicted octanol–water partition coefficient (Wildman–Crippen LogP) is 2.18. The van der Waals surface area contributed by atoms with Crippen LogP contribution in [0.2, 0.25) is 5.02 Å². The van der Waals surface area contributed by atoms with E-state index in [1.165, 1.54) is 0 Å². The molecule has 4 heteroatoms. The molecule has 2 aromatic rings. The Morgan fingerprint density at radius 2 is 2.31 bits per heavy atom. The van der Waals surface area contributed by atoms with Crippen LogP contribution in [0.5, 0.6) is 0 Å². The number of rotatable bonds is 2. The predicted molar refractivity (Wildman–Crippen MR) is 64.5 cm³/mol.